The first-order valence-corrected chi connectivity index (χ1v) is 4.39. The fourth-order valence-electron chi connectivity index (χ4n) is 1.24. The molecule has 14 heavy (non-hydrogen) atoms. The Balaban J connectivity index is 2.88. The minimum absolute atomic E-state index is 0.207. The van der Waals surface area contributed by atoms with E-state index in [-0.39, 0.29) is 19.0 Å². The van der Waals surface area contributed by atoms with Crippen LogP contribution in [0.4, 0.5) is 10.1 Å². The predicted octanol–water partition coefficient (Wildman–Crippen LogP) is 0.615. The third-order valence-corrected chi connectivity index (χ3v) is 2.20. The lowest BCUT2D eigenvalue weighted by Crippen LogP contribution is -2.38. The van der Waals surface area contributed by atoms with Crippen molar-refractivity contribution in [2.24, 2.45) is 0 Å². The number of aliphatic hydroxyl groups is 2. The second-order valence-corrected chi connectivity index (χ2v) is 3.08. The number of likely N-dealkylation sites (N-methyl/N-ethyl adjacent to an activating group) is 1. The average Bonchev–Trinajstić information content (AvgIpc) is 2.20. The number of hydrogen-bond acceptors (Lipinski definition) is 3. The molecule has 0 saturated carbocycles. The molecular formula is C10H14FNO2. The Morgan fingerprint density at radius 1 is 1.29 bits per heavy atom. The van der Waals surface area contributed by atoms with E-state index in [1.54, 1.807) is 25.2 Å². The predicted molar refractivity (Wildman–Crippen MR) is 52.8 cm³/mol. The van der Waals surface area contributed by atoms with E-state index in [4.69, 9.17) is 10.2 Å². The molecular weight excluding hydrogens is 185 g/mol. The lowest BCUT2D eigenvalue weighted by Gasteiger charge is -2.27. The van der Waals surface area contributed by atoms with Crippen LogP contribution in [0.15, 0.2) is 24.3 Å². The standard InChI is InChI=1S/C10H14FNO2/c1-12(8(6-13)7-14)10-5-3-2-4-9(10)11/h2-5,8,13-14H,6-7H2,1H3. The summed E-state index contributed by atoms with van der Waals surface area (Å²) in [5.74, 6) is -0.359. The van der Waals surface area contributed by atoms with Crippen LogP contribution in [0, 0.1) is 5.82 Å². The Morgan fingerprint density at radius 3 is 2.36 bits per heavy atom. The van der Waals surface area contributed by atoms with Crippen molar-refractivity contribution >= 4 is 5.69 Å². The highest BCUT2D eigenvalue weighted by Crippen LogP contribution is 2.18. The van der Waals surface area contributed by atoms with Gasteiger partial charge in [-0.15, -0.1) is 0 Å². The summed E-state index contributed by atoms with van der Waals surface area (Å²) in [4.78, 5) is 1.52. The zero-order chi connectivity index (χ0) is 10.6. The van der Waals surface area contributed by atoms with Crippen LogP contribution < -0.4 is 4.90 Å². The Kier molecular flexibility index (Phi) is 3.85. The summed E-state index contributed by atoms with van der Waals surface area (Å²) < 4.78 is 13.3. The Bertz CT molecular complexity index is 289. The van der Waals surface area contributed by atoms with Gasteiger partial charge < -0.3 is 15.1 Å². The fraction of sp³-hybridized carbons (Fsp3) is 0.400. The zero-order valence-electron chi connectivity index (χ0n) is 8.02. The van der Waals surface area contributed by atoms with Crippen molar-refractivity contribution < 1.29 is 14.6 Å². The van der Waals surface area contributed by atoms with Gasteiger partial charge >= 0.3 is 0 Å². The normalized spacial score (nSPS) is 10.6. The van der Waals surface area contributed by atoms with E-state index in [0.29, 0.717) is 5.69 Å². The number of halogens is 1. The molecule has 0 aliphatic carbocycles. The Morgan fingerprint density at radius 2 is 1.86 bits per heavy atom. The van der Waals surface area contributed by atoms with Gasteiger partial charge in [-0.2, -0.15) is 0 Å². The van der Waals surface area contributed by atoms with Crippen molar-refractivity contribution in [3.63, 3.8) is 0 Å². The fourth-order valence-corrected chi connectivity index (χ4v) is 1.24. The Hall–Kier alpha value is -1.13. The van der Waals surface area contributed by atoms with Gasteiger partial charge in [0, 0.05) is 7.05 Å². The van der Waals surface area contributed by atoms with Crippen LogP contribution in [0.3, 0.4) is 0 Å². The molecule has 0 radical (unpaired) electrons. The molecule has 0 amide bonds. The van der Waals surface area contributed by atoms with E-state index >= 15 is 0 Å². The molecule has 0 saturated heterocycles. The molecule has 0 aliphatic heterocycles. The van der Waals surface area contributed by atoms with E-state index in [2.05, 4.69) is 0 Å². The maximum Gasteiger partial charge on any atom is 0.146 e. The number of aliphatic hydroxyl groups excluding tert-OH is 2. The molecule has 0 spiro atoms. The van der Waals surface area contributed by atoms with Gasteiger partial charge in [-0.3, -0.25) is 0 Å². The topological polar surface area (TPSA) is 43.7 Å². The molecule has 0 atom stereocenters. The van der Waals surface area contributed by atoms with Crippen molar-refractivity contribution in [2.75, 3.05) is 25.2 Å². The highest BCUT2D eigenvalue weighted by atomic mass is 19.1. The van der Waals surface area contributed by atoms with Crippen LogP contribution in [0.1, 0.15) is 0 Å². The number of rotatable bonds is 4. The van der Waals surface area contributed by atoms with Gasteiger partial charge in [-0.1, -0.05) is 12.1 Å². The lowest BCUT2D eigenvalue weighted by molar-refractivity contribution is 0.190. The van der Waals surface area contributed by atoms with Gasteiger partial charge in [-0.25, -0.2) is 4.39 Å². The lowest BCUT2D eigenvalue weighted by atomic mass is 10.2. The molecule has 2 N–H and O–H groups in total. The number of para-hydroxylation sites is 1. The number of nitrogens with zero attached hydrogens (tertiary/aromatic N) is 1. The van der Waals surface area contributed by atoms with Crippen molar-refractivity contribution in [3.05, 3.63) is 30.1 Å². The summed E-state index contributed by atoms with van der Waals surface area (Å²) in [6.07, 6.45) is 0. The molecule has 0 aliphatic rings. The van der Waals surface area contributed by atoms with Crippen molar-refractivity contribution in [3.8, 4) is 0 Å². The third kappa shape index (κ3) is 2.21. The minimum Gasteiger partial charge on any atom is -0.394 e. The van der Waals surface area contributed by atoms with E-state index < -0.39 is 6.04 Å². The van der Waals surface area contributed by atoms with Crippen LogP contribution in [0.2, 0.25) is 0 Å². The van der Waals surface area contributed by atoms with Gasteiger partial charge in [-0.05, 0) is 12.1 Å². The monoisotopic (exact) mass is 199 g/mol. The zero-order valence-corrected chi connectivity index (χ0v) is 8.02. The summed E-state index contributed by atoms with van der Waals surface area (Å²) in [5, 5.41) is 17.8. The van der Waals surface area contributed by atoms with E-state index in [1.165, 1.54) is 11.0 Å². The summed E-state index contributed by atoms with van der Waals surface area (Å²) in [6, 6.07) is 5.79. The second-order valence-electron chi connectivity index (χ2n) is 3.08. The quantitative estimate of drug-likeness (QED) is 0.747. The molecule has 4 heteroatoms. The first kappa shape index (κ1) is 10.9. The molecule has 0 fully saturated rings. The van der Waals surface area contributed by atoms with E-state index in [0.717, 1.165) is 0 Å². The number of hydrogen-bond donors (Lipinski definition) is 2. The highest BCUT2D eigenvalue weighted by molar-refractivity contribution is 5.47. The number of benzene rings is 1. The molecule has 0 unspecified atom stereocenters. The maximum atomic E-state index is 13.3. The molecule has 1 aromatic rings. The van der Waals surface area contributed by atoms with E-state index in [9.17, 15) is 4.39 Å². The summed E-state index contributed by atoms with van der Waals surface area (Å²) in [7, 11) is 1.63. The van der Waals surface area contributed by atoms with Crippen molar-refractivity contribution in [1.82, 2.24) is 0 Å². The summed E-state index contributed by atoms with van der Waals surface area (Å²) >= 11 is 0. The number of anilines is 1. The summed E-state index contributed by atoms with van der Waals surface area (Å²) in [5.41, 5.74) is 0.376. The van der Waals surface area contributed by atoms with Crippen molar-refractivity contribution in [2.45, 2.75) is 6.04 Å². The molecule has 78 valence electrons. The van der Waals surface area contributed by atoms with Crippen LogP contribution in [0.5, 0.6) is 0 Å². The first-order valence-electron chi connectivity index (χ1n) is 4.39. The SMILES string of the molecule is CN(c1ccccc1F)C(CO)CO. The van der Waals surface area contributed by atoms with E-state index in [1.807, 2.05) is 0 Å². The van der Waals surface area contributed by atoms with Gasteiger partial charge in [0.05, 0.1) is 24.9 Å². The van der Waals surface area contributed by atoms with Crippen LogP contribution in [0.25, 0.3) is 0 Å². The van der Waals surface area contributed by atoms with Crippen molar-refractivity contribution in [1.29, 1.82) is 0 Å². The average molecular weight is 199 g/mol. The molecule has 1 aromatic carbocycles. The molecule has 3 nitrogen and oxygen atoms in total. The van der Waals surface area contributed by atoms with Gasteiger partial charge in [0.2, 0.25) is 0 Å². The van der Waals surface area contributed by atoms with Crippen LogP contribution in [-0.2, 0) is 0 Å². The maximum absolute atomic E-state index is 13.3. The molecule has 0 aromatic heterocycles. The minimum atomic E-state index is -0.466. The second kappa shape index (κ2) is 4.93. The van der Waals surface area contributed by atoms with Gasteiger partial charge in [0.1, 0.15) is 5.82 Å². The van der Waals surface area contributed by atoms with Gasteiger partial charge in [0.15, 0.2) is 0 Å². The van der Waals surface area contributed by atoms with Gasteiger partial charge in [0.25, 0.3) is 0 Å². The summed E-state index contributed by atoms with van der Waals surface area (Å²) in [6.45, 7) is -0.414. The highest BCUT2D eigenvalue weighted by Gasteiger charge is 2.15. The Labute approximate surface area is 82.4 Å². The molecule has 1 rings (SSSR count). The van der Waals surface area contributed by atoms with Crippen LogP contribution >= 0.6 is 0 Å². The van der Waals surface area contributed by atoms with Crippen LogP contribution in [-0.4, -0.2) is 36.5 Å². The largest absolute Gasteiger partial charge is 0.394 e. The first-order chi connectivity index (χ1) is 6.70. The molecule has 0 bridgehead atoms. The third-order valence-electron chi connectivity index (χ3n) is 2.20. The molecule has 0 heterocycles. The smallest absolute Gasteiger partial charge is 0.146 e.